The number of benzene rings is 1. The number of halogens is 3. The lowest BCUT2D eigenvalue weighted by Crippen LogP contribution is -2.39. The third-order valence-electron chi connectivity index (χ3n) is 2.52. The Hall–Kier alpha value is -1.76. The maximum absolute atomic E-state index is 12.9. The van der Waals surface area contributed by atoms with Crippen LogP contribution in [0.4, 0.5) is 18.0 Å². The highest BCUT2D eigenvalue weighted by atomic mass is 19.2. The molecular weight excluding hydrogens is 261 g/mol. The number of urea groups is 1. The first-order chi connectivity index (χ1) is 8.95. The molecule has 0 bridgehead atoms. The Kier molecular flexibility index (Phi) is 5.62. The van der Waals surface area contributed by atoms with Crippen LogP contribution < -0.4 is 5.32 Å². The van der Waals surface area contributed by atoms with Crippen molar-refractivity contribution in [1.82, 2.24) is 10.2 Å². The molecule has 1 aromatic carbocycles. The average Bonchev–Trinajstić information content (AvgIpc) is 2.36. The van der Waals surface area contributed by atoms with Crippen molar-refractivity contribution in [2.24, 2.45) is 0 Å². The van der Waals surface area contributed by atoms with Crippen molar-refractivity contribution in [1.29, 1.82) is 0 Å². The predicted octanol–water partition coefficient (Wildman–Crippen LogP) is 1.28. The summed E-state index contributed by atoms with van der Waals surface area (Å²) in [5.41, 5.74) is 0.251. The smallest absolute Gasteiger partial charge is 0.317 e. The molecule has 0 aliphatic rings. The molecule has 0 fully saturated rings. The molecule has 0 saturated carbocycles. The monoisotopic (exact) mass is 276 g/mol. The standard InChI is InChI=1S/C12H15F3N2O2/c1-17(4-5-18)12(19)16-3-2-8-6-9(13)11(15)10(14)7-8/h6-7,18H,2-5H2,1H3,(H,16,19). The molecule has 0 spiro atoms. The molecule has 2 N–H and O–H groups in total. The highest BCUT2D eigenvalue weighted by Gasteiger charge is 2.11. The number of aliphatic hydroxyl groups excluding tert-OH is 1. The predicted molar refractivity (Wildman–Crippen MR) is 63.1 cm³/mol. The van der Waals surface area contributed by atoms with Crippen LogP contribution in [0.25, 0.3) is 0 Å². The van der Waals surface area contributed by atoms with Crippen LogP contribution in [-0.4, -0.2) is 42.8 Å². The molecule has 0 aliphatic heterocycles. The molecule has 1 aromatic rings. The fourth-order valence-electron chi connectivity index (χ4n) is 1.45. The van der Waals surface area contributed by atoms with E-state index in [1.165, 1.54) is 11.9 Å². The van der Waals surface area contributed by atoms with Gasteiger partial charge in [-0.15, -0.1) is 0 Å². The zero-order valence-corrected chi connectivity index (χ0v) is 10.4. The van der Waals surface area contributed by atoms with Gasteiger partial charge in [0, 0.05) is 20.1 Å². The van der Waals surface area contributed by atoms with Crippen molar-refractivity contribution in [3.8, 4) is 0 Å². The second kappa shape index (κ2) is 6.98. The van der Waals surface area contributed by atoms with E-state index < -0.39 is 23.5 Å². The van der Waals surface area contributed by atoms with Crippen LogP contribution in [0, 0.1) is 17.5 Å². The van der Waals surface area contributed by atoms with Crippen molar-refractivity contribution < 1.29 is 23.1 Å². The summed E-state index contributed by atoms with van der Waals surface area (Å²) in [5.74, 6) is -4.01. The minimum Gasteiger partial charge on any atom is -0.395 e. The van der Waals surface area contributed by atoms with Gasteiger partial charge in [-0.05, 0) is 24.1 Å². The molecule has 0 heterocycles. The van der Waals surface area contributed by atoms with E-state index in [1.807, 2.05) is 0 Å². The second-order valence-electron chi connectivity index (χ2n) is 4.00. The molecule has 0 saturated heterocycles. The zero-order valence-electron chi connectivity index (χ0n) is 10.4. The van der Waals surface area contributed by atoms with Crippen molar-refractivity contribution in [3.63, 3.8) is 0 Å². The summed E-state index contributed by atoms with van der Waals surface area (Å²) < 4.78 is 38.5. The number of hydrogen-bond donors (Lipinski definition) is 2. The molecule has 4 nitrogen and oxygen atoms in total. The van der Waals surface area contributed by atoms with Crippen LogP contribution in [0.1, 0.15) is 5.56 Å². The van der Waals surface area contributed by atoms with Crippen LogP contribution in [0.5, 0.6) is 0 Å². The maximum Gasteiger partial charge on any atom is 0.317 e. The van der Waals surface area contributed by atoms with Gasteiger partial charge < -0.3 is 15.3 Å². The lowest BCUT2D eigenvalue weighted by molar-refractivity contribution is 0.190. The van der Waals surface area contributed by atoms with Crippen LogP contribution in [-0.2, 0) is 6.42 Å². The first-order valence-corrected chi connectivity index (χ1v) is 5.69. The largest absolute Gasteiger partial charge is 0.395 e. The van der Waals surface area contributed by atoms with Gasteiger partial charge in [-0.2, -0.15) is 0 Å². The van der Waals surface area contributed by atoms with Crippen molar-refractivity contribution in [3.05, 3.63) is 35.1 Å². The van der Waals surface area contributed by atoms with E-state index in [1.54, 1.807) is 0 Å². The number of likely N-dealkylation sites (N-methyl/N-ethyl adjacent to an activating group) is 1. The molecular formula is C12H15F3N2O2. The number of nitrogens with one attached hydrogen (secondary N) is 1. The van der Waals surface area contributed by atoms with E-state index in [4.69, 9.17) is 5.11 Å². The SMILES string of the molecule is CN(CCO)C(=O)NCCc1cc(F)c(F)c(F)c1. The van der Waals surface area contributed by atoms with E-state index in [9.17, 15) is 18.0 Å². The summed E-state index contributed by atoms with van der Waals surface area (Å²) in [5, 5.41) is 11.1. The van der Waals surface area contributed by atoms with E-state index >= 15 is 0 Å². The number of amides is 2. The van der Waals surface area contributed by atoms with Gasteiger partial charge in [0.1, 0.15) is 0 Å². The van der Waals surface area contributed by atoms with Gasteiger partial charge in [0.2, 0.25) is 0 Å². The number of carbonyl (C=O) groups excluding carboxylic acids is 1. The van der Waals surface area contributed by atoms with E-state index in [0.717, 1.165) is 12.1 Å². The number of rotatable bonds is 5. The van der Waals surface area contributed by atoms with Crippen LogP contribution in [0.3, 0.4) is 0 Å². The summed E-state index contributed by atoms with van der Waals surface area (Å²) in [6.07, 6.45) is 0.173. The van der Waals surface area contributed by atoms with Gasteiger partial charge >= 0.3 is 6.03 Å². The molecule has 0 aromatic heterocycles. The van der Waals surface area contributed by atoms with Gasteiger partial charge in [-0.3, -0.25) is 0 Å². The molecule has 7 heteroatoms. The molecule has 0 atom stereocenters. The molecule has 0 radical (unpaired) electrons. The molecule has 19 heavy (non-hydrogen) atoms. The fraction of sp³-hybridized carbons (Fsp3) is 0.417. The summed E-state index contributed by atoms with van der Waals surface area (Å²) in [6.45, 7) is 0.184. The third-order valence-corrected chi connectivity index (χ3v) is 2.52. The maximum atomic E-state index is 12.9. The Morgan fingerprint density at radius 3 is 2.42 bits per heavy atom. The van der Waals surface area contributed by atoms with Gasteiger partial charge in [-0.1, -0.05) is 0 Å². The topological polar surface area (TPSA) is 52.6 Å². The van der Waals surface area contributed by atoms with Crippen molar-refractivity contribution in [2.45, 2.75) is 6.42 Å². The first kappa shape index (κ1) is 15.3. The van der Waals surface area contributed by atoms with Gasteiger partial charge in [0.15, 0.2) is 17.5 Å². The van der Waals surface area contributed by atoms with E-state index in [2.05, 4.69) is 5.32 Å². The summed E-state index contributed by atoms with van der Waals surface area (Å²) in [6, 6.07) is 1.38. The second-order valence-corrected chi connectivity index (χ2v) is 4.00. The Labute approximate surface area is 108 Å². The Morgan fingerprint density at radius 2 is 1.89 bits per heavy atom. The van der Waals surface area contributed by atoms with Crippen molar-refractivity contribution >= 4 is 6.03 Å². The Morgan fingerprint density at radius 1 is 1.32 bits per heavy atom. The highest BCUT2D eigenvalue weighted by Crippen LogP contribution is 2.13. The lowest BCUT2D eigenvalue weighted by Gasteiger charge is -2.16. The van der Waals surface area contributed by atoms with E-state index in [0.29, 0.717) is 0 Å². The molecule has 0 aliphatic carbocycles. The number of carbonyl (C=O) groups is 1. The van der Waals surface area contributed by atoms with Gasteiger partial charge in [-0.25, -0.2) is 18.0 Å². The van der Waals surface area contributed by atoms with Crippen LogP contribution >= 0.6 is 0 Å². The molecule has 106 valence electrons. The minimum atomic E-state index is -1.50. The quantitative estimate of drug-likeness (QED) is 0.796. The number of aliphatic hydroxyl groups is 1. The van der Waals surface area contributed by atoms with E-state index in [-0.39, 0.29) is 31.7 Å². The molecule has 2 amide bonds. The molecule has 1 rings (SSSR count). The van der Waals surface area contributed by atoms with Crippen LogP contribution in [0.2, 0.25) is 0 Å². The summed E-state index contributed by atoms with van der Waals surface area (Å²) in [7, 11) is 1.50. The summed E-state index contributed by atoms with van der Waals surface area (Å²) in [4.78, 5) is 12.7. The summed E-state index contributed by atoms with van der Waals surface area (Å²) >= 11 is 0. The number of hydrogen-bond acceptors (Lipinski definition) is 2. The highest BCUT2D eigenvalue weighted by molar-refractivity contribution is 5.73. The van der Waals surface area contributed by atoms with Crippen LogP contribution in [0.15, 0.2) is 12.1 Å². The Bertz CT molecular complexity index is 432. The lowest BCUT2D eigenvalue weighted by atomic mass is 10.1. The minimum absolute atomic E-state index is 0.152. The first-order valence-electron chi connectivity index (χ1n) is 5.69. The zero-order chi connectivity index (χ0) is 14.4. The van der Waals surface area contributed by atoms with Gasteiger partial charge in [0.25, 0.3) is 0 Å². The van der Waals surface area contributed by atoms with Crippen molar-refractivity contribution in [2.75, 3.05) is 26.7 Å². The number of nitrogens with zero attached hydrogens (tertiary/aromatic N) is 1. The van der Waals surface area contributed by atoms with Gasteiger partial charge in [0.05, 0.1) is 6.61 Å². The molecule has 0 unspecified atom stereocenters. The average molecular weight is 276 g/mol. The normalized spacial score (nSPS) is 10.4. The Balaban J connectivity index is 2.48. The fourth-order valence-corrected chi connectivity index (χ4v) is 1.45. The third kappa shape index (κ3) is 4.44.